The molecule has 20 heavy (non-hydrogen) atoms. The number of rotatable bonds is 5. The molecular weight excluding hydrogens is 286 g/mol. The third-order valence-corrected chi connectivity index (χ3v) is 3.13. The fourth-order valence-corrected chi connectivity index (χ4v) is 2.09. The molecular formula is C13H12ClNO5. The Balaban J connectivity index is 1.99. The number of amides is 2. The van der Waals surface area contributed by atoms with Gasteiger partial charge in [-0.25, -0.2) is 4.79 Å². The lowest BCUT2D eigenvalue weighted by Crippen LogP contribution is -2.33. The number of halogens is 1. The summed E-state index contributed by atoms with van der Waals surface area (Å²) in [4.78, 5) is 34.9. The number of imide groups is 1. The first-order valence-electron chi connectivity index (χ1n) is 5.98. The predicted octanol–water partition coefficient (Wildman–Crippen LogP) is 1.57. The van der Waals surface area contributed by atoms with Crippen molar-refractivity contribution in [1.29, 1.82) is 0 Å². The van der Waals surface area contributed by atoms with Crippen LogP contribution in [0.2, 0.25) is 5.02 Å². The van der Waals surface area contributed by atoms with Crippen molar-refractivity contribution in [2.45, 2.75) is 12.8 Å². The number of hydrogen-bond donors (Lipinski definition) is 1. The van der Waals surface area contributed by atoms with Crippen molar-refractivity contribution in [3.8, 4) is 5.75 Å². The minimum atomic E-state index is -1.16. The highest BCUT2D eigenvalue weighted by molar-refractivity contribution is 6.31. The molecule has 0 spiro atoms. The molecule has 1 aromatic rings. The Bertz CT molecular complexity index is 556. The molecule has 0 radical (unpaired) electrons. The summed E-state index contributed by atoms with van der Waals surface area (Å²) in [6.07, 6.45) is 0.445. The molecule has 2 rings (SSSR count). The predicted molar refractivity (Wildman–Crippen MR) is 69.9 cm³/mol. The van der Waals surface area contributed by atoms with Crippen LogP contribution in [-0.2, 0) is 9.59 Å². The van der Waals surface area contributed by atoms with Crippen molar-refractivity contribution in [3.63, 3.8) is 0 Å². The van der Waals surface area contributed by atoms with Crippen LogP contribution in [0.15, 0.2) is 18.2 Å². The highest BCUT2D eigenvalue weighted by Crippen LogP contribution is 2.23. The Morgan fingerprint density at radius 1 is 1.30 bits per heavy atom. The van der Waals surface area contributed by atoms with E-state index < -0.39 is 5.97 Å². The number of carbonyl (C=O) groups excluding carboxylic acids is 2. The summed E-state index contributed by atoms with van der Waals surface area (Å²) in [7, 11) is 0. The number of carbonyl (C=O) groups is 3. The minimum Gasteiger partial charge on any atom is -0.491 e. The lowest BCUT2D eigenvalue weighted by atomic mass is 10.2. The molecule has 0 aromatic heterocycles. The van der Waals surface area contributed by atoms with Gasteiger partial charge in [-0.05, 0) is 18.2 Å². The lowest BCUT2D eigenvalue weighted by molar-refractivity contribution is -0.138. The van der Waals surface area contributed by atoms with Crippen molar-refractivity contribution in [3.05, 3.63) is 28.8 Å². The van der Waals surface area contributed by atoms with Crippen molar-refractivity contribution >= 4 is 29.4 Å². The average molecular weight is 298 g/mol. The highest BCUT2D eigenvalue weighted by atomic mass is 35.5. The Labute approximate surface area is 119 Å². The van der Waals surface area contributed by atoms with E-state index in [1.165, 1.54) is 18.2 Å². The second-order valence-electron chi connectivity index (χ2n) is 4.23. The molecule has 1 aliphatic rings. The Kier molecular flexibility index (Phi) is 4.24. The summed E-state index contributed by atoms with van der Waals surface area (Å²) in [5.74, 6) is -1.46. The number of ether oxygens (including phenoxy) is 1. The summed E-state index contributed by atoms with van der Waals surface area (Å²) in [6.45, 7) is 0.152. The molecule has 106 valence electrons. The third kappa shape index (κ3) is 3.08. The molecule has 0 unspecified atom stereocenters. The fraction of sp³-hybridized carbons (Fsp3) is 0.308. The van der Waals surface area contributed by atoms with E-state index in [2.05, 4.69) is 0 Å². The smallest absolute Gasteiger partial charge is 0.339 e. The monoisotopic (exact) mass is 297 g/mol. The van der Waals surface area contributed by atoms with Crippen molar-refractivity contribution < 1.29 is 24.2 Å². The second-order valence-corrected chi connectivity index (χ2v) is 4.67. The molecule has 1 fully saturated rings. The van der Waals surface area contributed by atoms with Gasteiger partial charge in [0.25, 0.3) is 0 Å². The largest absolute Gasteiger partial charge is 0.491 e. The van der Waals surface area contributed by atoms with Gasteiger partial charge in [-0.15, -0.1) is 0 Å². The molecule has 1 aromatic carbocycles. The maximum atomic E-state index is 11.4. The molecule has 2 amide bonds. The normalized spacial score (nSPS) is 14.8. The molecule has 1 heterocycles. The van der Waals surface area contributed by atoms with E-state index in [1.807, 2.05) is 0 Å². The van der Waals surface area contributed by atoms with Gasteiger partial charge in [0.2, 0.25) is 11.8 Å². The van der Waals surface area contributed by atoms with Gasteiger partial charge in [0.1, 0.15) is 17.9 Å². The first kappa shape index (κ1) is 14.3. The summed E-state index contributed by atoms with van der Waals surface area (Å²) in [5, 5.41) is 9.32. The second kappa shape index (κ2) is 5.92. The van der Waals surface area contributed by atoms with E-state index >= 15 is 0 Å². The number of likely N-dealkylation sites (tertiary alicyclic amines) is 1. The zero-order valence-electron chi connectivity index (χ0n) is 10.5. The van der Waals surface area contributed by atoms with Gasteiger partial charge in [0.05, 0.1) is 6.54 Å². The lowest BCUT2D eigenvalue weighted by Gasteiger charge is -2.15. The van der Waals surface area contributed by atoms with Crippen molar-refractivity contribution in [1.82, 2.24) is 4.90 Å². The van der Waals surface area contributed by atoms with E-state index in [0.29, 0.717) is 5.02 Å². The summed E-state index contributed by atoms with van der Waals surface area (Å²) in [6, 6.07) is 4.24. The van der Waals surface area contributed by atoms with E-state index in [4.69, 9.17) is 21.4 Å². The van der Waals surface area contributed by atoms with Crippen LogP contribution < -0.4 is 4.74 Å². The first-order valence-corrected chi connectivity index (χ1v) is 6.35. The van der Waals surface area contributed by atoms with Gasteiger partial charge >= 0.3 is 5.97 Å². The van der Waals surface area contributed by atoms with Gasteiger partial charge in [-0.2, -0.15) is 0 Å². The maximum Gasteiger partial charge on any atom is 0.339 e. The first-order chi connectivity index (χ1) is 9.49. The van der Waals surface area contributed by atoms with E-state index in [1.54, 1.807) is 0 Å². The number of carboxylic acids is 1. The van der Waals surface area contributed by atoms with Gasteiger partial charge in [0.15, 0.2) is 0 Å². The number of hydrogen-bond acceptors (Lipinski definition) is 4. The molecule has 0 aliphatic carbocycles. The van der Waals surface area contributed by atoms with E-state index in [9.17, 15) is 14.4 Å². The quantitative estimate of drug-likeness (QED) is 0.834. The molecule has 1 aliphatic heterocycles. The minimum absolute atomic E-state index is 0.0411. The summed E-state index contributed by atoms with van der Waals surface area (Å²) < 4.78 is 5.33. The van der Waals surface area contributed by atoms with Crippen molar-refractivity contribution in [2.24, 2.45) is 0 Å². The maximum absolute atomic E-state index is 11.4. The van der Waals surface area contributed by atoms with E-state index in [0.717, 1.165) is 4.90 Å². The number of carboxylic acid groups (broad SMARTS) is 1. The Hall–Kier alpha value is -2.08. The molecule has 0 saturated carbocycles. The van der Waals surface area contributed by atoms with Crippen molar-refractivity contribution in [2.75, 3.05) is 13.2 Å². The standard InChI is InChI=1S/C13H12ClNO5/c14-8-1-2-10(9(7-8)13(18)19)20-6-5-15-11(16)3-4-12(15)17/h1-2,7H,3-6H2,(H,18,19). The topological polar surface area (TPSA) is 83.9 Å². The Morgan fingerprint density at radius 3 is 2.55 bits per heavy atom. The van der Waals surface area contributed by atoms with Crippen LogP contribution in [0.5, 0.6) is 5.75 Å². The van der Waals surface area contributed by atoms with E-state index in [-0.39, 0.29) is 49.1 Å². The summed E-state index contributed by atoms with van der Waals surface area (Å²) >= 11 is 5.72. The number of benzene rings is 1. The van der Waals surface area contributed by atoms with Crippen LogP contribution in [0.25, 0.3) is 0 Å². The fourth-order valence-electron chi connectivity index (χ4n) is 1.91. The molecule has 1 N–H and O–H groups in total. The third-order valence-electron chi connectivity index (χ3n) is 2.90. The van der Waals surface area contributed by atoms with Gasteiger partial charge < -0.3 is 9.84 Å². The van der Waals surface area contributed by atoms with Gasteiger partial charge in [-0.3, -0.25) is 14.5 Å². The zero-order valence-corrected chi connectivity index (χ0v) is 11.2. The molecule has 0 atom stereocenters. The zero-order chi connectivity index (χ0) is 14.7. The molecule has 7 heteroatoms. The molecule has 0 bridgehead atoms. The van der Waals surface area contributed by atoms with Crippen LogP contribution in [-0.4, -0.2) is 40.9 Å². The SMILES string of the molecule is O=C(O)c1cc(Cl)ccc1OCCN1C(=O)CCC1=O. The van der Waals surface area contributed by atoms with Gasteiger partial charge in [-0.1, -0.05) is 11.6 Å². The average Bonchev–Trinajstić information content (AvgIpc) is 2.71. The molecule has 1 saturated heterocycles. The van der Waals surface area contributed by atoms with Crippen LogP contribution in [0.3, 0.4) is 0 Å². The van der Waals surface area contributed by atoms with Crippen LogP contribution in [0.1, 0.15) is 23.2 Å². The highest BCUT2D eigenvalue weighted by Gasteiger charge is 2.28. The number of nitrogens with zero attached hydrogens (tertiary/aromatic N) is 1. The van der Waals surface area contributed by atoms with Gasteiger partial charge in [0, 0.05) is 17.9 Å². The Morgan fingerprint density at radius 2 is 1.95 bits per heavy atom. The van der Waals surface area contributed by atoms with Crippen LogP contribution in [0.4, 0.5) is 0 Å². The molecule has 6 nitrogen and oxygen atoms in total. The number of aromatic carboxylic acids is 1. The summed E-state index contributed by atoms with van der Waals surface area (Å²) in [5.41, 5.74) is -0.0587. The van der Waals surface area contributed by atoms with Crippen LogP contribution in [0, 0.1) is 0 Å². The van der Waals surface area contributed by atoms with Crippen LogP contribution >= 0.6 is 11.6 Å².